The number of hydrogen-bond donors (Lipinski definition) is 0. The van der Waals surface area contributed by atoms with Gasteiger partial charge in [-0.3, -0.25) is 9.38 Å². The Labute approximate surface area is 270 Å². The minimum Gasteiger partial charge on any atom is -0.298 e. The molecule has 0 saturated carbocycles. The number of imidazole rings is 1. The van der Waals surface area contributed by atoms with Crippen LogP contribution in [0.3, 0.4) is 0 Å². The maximum atomic E-state index is 5.36. The maximum Gasteiger partial charge on any atom is 0.145 e. The molecule has 0 aliphatic carbocycles. The van der Waals surface area contributed by atoms with E-state index in [-0.39, 0.29) is 0 Å². The predicted molar refractivity (Wildman–Crippen MR) is 195 cm³/mol. The second-order valence-corrected chi connectivity index (χ2v) is 12.1. The van der Waals surface area contributed by atoms with Crippen molar-refractivity contribution in [3.05, 3.63) is 158 Å². The van der Waals surface area contributed by atoms with Gasteiger partial charge in [-0.25, -0.2) is 9.97 Å². The lowest BCUT2D eigenvalue weighted by Crippen LogP contribution is -1.93. The lowest BCUT2D eigenvalue weighted by molar-refractivity contribution is 1.21. The van der Waals surface area contributed by atoms with Crippen molar-refractivity contribution >= 4 is 59.8 Å². The minimum absolute atomic E-state index is 0.851. The van der Waals surface area contributed by atoms with Gasteiger partial charge in [0.1, 0.15) is 11.3 Å². The third kappa shape index (κ3) is 3.92. The quantitative estimate of drug-likeness (QED) is 0.150. The molecule has 0 bridgehead atoms. The molecule has 0 saturated heterocycles. The van der Waals surface area contributed by atoms with Crippen LogP contribution in [0.2, 0.25) is 0 Å². The summed E-state index contributed by atoms with van der Waals surface area (Å²) >= 11 is 0. The Kier molecular flexibility index (Phi) is 5.54. The fourth-order valence-corrected chi connectivity index (χ4v) is 7.24. The first kappa shape index (κ1) is 25.9. The number of fused-ring (bicyclic) bond motifs is 9. The third-order valence-corrected chi connectivity index (χ3v) is 9.43. The van der Waals surface area contributed by atoms with Crippen molar-refractivity contribution in [1.82, 2.24) is 19.4 Å². The van der Waals surface area contributed by atoms with Gasteiger partial charge in [0.05, 0.1) is 22.4 Å². The average molecular weight is 599 g/mol. The molecular weight excluding hydrogens is 573 g/mol. The number of benzene rings is 6. The summed E-state index contributed by atoms with van der Waals surface area (Å²) in [4.78, 5) is 15.3. The first-order valence-corrected chi connectivity index (χ1v) is 15.9. The highest BCUT2D eigenvalue weighted by Gasteiger charge is 2.20. The molecule has 0 atom stereocenters. The third-order valence-electron chi connectivity index (χ3n) is 9.43. The second-order valence-electron chi connectivity index (χ2n) is 12.1. The monoisotopic (exact) mass is 598 g/mol. The summed E-state index contributed by atoms with van der Waals surface area (Å²) in [7, 11) is 0. The van der Waals surface area contributed by atoms with Crippen molar-refractivity contribution in [3.63, 3.8) is 0 Å². The summed E-state index contributed by atoms with van der Waals surface area (Å²) in [6.07, 6.45) is 3.96. The van der Waals surface area contributed by atoms with Crippen LogP contribution in [-0.4, -0.2) is 19.4 Å². The Bertz CT molecular complexity index is 2740. The summed E-state index contributed by atoms with van der Waals surface area (Å²) in [5, 5.41) is 9.28. The van der Waals surface area contributed by atoms with E-state index in [9.17, 15) is 0 Å². The van der Waals surface area contributed by atoms with Crippen molar-refractivity contribution in [1.29, 1.82) is 0 Å². The van der Waals surface area contributed by atoms with Crippen molar-refractivity contribution in [2.24, 2.45) is 0 Å². The van der Waals surface area contributed by atoms with E-state index in [1.54, 1.807) is 0 Å². The molecule has 0 aliphatic rings. The summed E-state index contributed by atoms with van der Waals surface area (Å²) < 4.78 is 2.21. The molecule has 4 nitrogen and oxygen atoms in total. The molecule has 10 rings (SSSR count). The average Bonchev–Trinajstić information content (AvgIpc) is 3.55. The van der Waals surface area contributed by atoms with Crippen LogP contribution in [0.5, 0.6) is 0 Å². The molecular formula is C43H26N4. The van der Waals surface area contributed by atoms with E-state index in [4.69, 9.17) is 15.0 Å². The van der Waals surface area contributed by atoms with Gasteiger partial charge in [-0.15, -0.1) is 0 Å². The van der Waals surface area contributed by atoms with Crippen molar-refractivity contribution in [2.75, 3.05) is 0 Å². The smallest absolute Gasteiger partial charge is 0.145 e. The highest BCUT2D eigenvalue weighted by molar-refractivity contribution is 6.21. The SMILES string of the molecule is c1ccc(-c2nc3c4ccccc4ccn3c2-c2ccc(-c3c4ccc5ccccc5c4nc4c3ccc3ccccc34)cc2)nc1. The van der Waals surface area contributed by atoms with Crippen LogP contribution in [0.4, 0.5) is 0 Å². The van der Waals surface area contributed by atoms with Crippen LogP contribution in [0.15, 0.2) is 158 Å². The van der Waals surface area contributed by atoms with E-state index >= 15 is 0 Å². The molecule has 4 heteroatoms. The van der Waals surface area contributed by atoms with Crippen LogP contribution in [0.25, 0.3) is 93.5 Å². The van der Waals surface area contributed by atoms with Gasteiger partial charge in [0.2, 0.25) is 0 Å². The van der Waals surface area contributed by atoms with Gasteiger partial charge >= 0.3 is 0 Å². The normalized spacial score (nSPS) is 11.8. The van der Waals surface area contributed by atoms with Gasteiger partial charge in [-0.1, -0.05) is 127 Å². The standard InChI is InChI=1S/C43H26N4/c1-4-12-32-27(9-1)20-22-35-38(36-23-21-28-10-2-5-13-33(28)40(36)45-39(32)35)30-16-18-31(19-17-30)42-41(37-15-7-8-25-44-37)46-43-34-14-6-3-11-29(34)24-26-47(42)43/h1-26H. The van der Waals surface area contributed by atoms with E-state index in [0.29, 0.717) is 0 Å². The van der Waals surface area contributed by atoms with Crippen LogP contribution in [0, 0.1) is 0 Å². The summed E-state index contributed by atoms with van der Waals surface area (Å²) in [6.45, 7) is 0. The highest BCUT2D eigenvalue weighted by atomic mass is 15.0. The molecule has 0 radical (unpaired) electrons. The van der Waals surface area contributed by atoms with Crippen LogP contribution in [-0.2, 0) is 0 Å². The van der Waals surface area contributed by atoms with Gasteiger partial charge in [0.15, 0.2) is 0 Å². The van der Waals surface area contributed by atoms with E-state index in [2.05, 4.69) is 138 Å². The molecule has 0 amide bonds. The van der Waals surface area contributed by atoms with Crippen molar-refractivity contribution in [3.8, 4) is 33.8 Å². The fraction of sp³-hybridized carbons (Fsp3) is 0. The number of hydrogen-bond acceptors (Lipinski definition) is 3. The van der Waals surface area contributed by atoms with Crippen molar-refractivity contribution < 1.29 is 0 Å². The minimum atomic E-state index is 0.851. The zero-order valence-electron chi connectivity index (χ0n) is 25.3. The van der Waals surface area contributed by atoms with Gasteiger partial charge < -0.3 is 0 Å². The molecule has 4 aromatic heterocycles. The van der Waals surface area contributed by atoms with Gasteiger partial charge in [-0.2, -0.15) is 0 Å². The van der Waals surface area contributed by atoms with Gasteiger partial charge in [0.25, 0.3) is 0 Å². The molecule has 0 unspecified atom stereocenters. The first-order chi connectivity index (χ1) is 23.3. The number of pyridine rings is 3. The Balaban J connectivity index is 1.24. The van der Waals surface area contributed by atoms with E-state index in [1.807, 2.05) is 24.4 Å². The van der Waals surface area contributed by atoms with Gasteiger partial charge in [-0.05, 0) is 39.9 Å². The largest absolute Gasteiger partial charge is 0.298 e. The van der Waals surface area contributed by atoms with Crippen LogP contribution >= 0.6 is 0 Å². The number of nitrogens with zero attached hydrogens (tertiary/aromatic N) is 4. The van der Waals surface area contributed by atoms with E-state index in [1.165, 1.54) is 16.3 Å². The topological polar surface area (TPSA) is 43.1 Å². The Morgan fingerprint density at radius 3 is 1.64 bits per heavy atom. The molecule has 10 aromatic rings. The summed E-state index contributed by atoms with van der Waals surface area (Å²) in [6, 6.07) is 51.5. The molecule has 6 aromatic carbocycles. The highest BCUT2D eigenvalue weighted by Crippen LogP contribution is 2.41. The fourth-order valence-electron chi connectivity index (χ4n) is 7.24. The van der Waals surface area contributed by atoms with E-state index in [0.717, 1.165) is 77.2 Å². The second kappa shape index (κ2) is 10.1. The Morgan fingerprint density at radius 1 is 0.426 bits per heavy atom. The Morgan fingerprint density at radius 2 is 1.00 bits per heavy atom. The first-order valence-electron chi connectivity index (χ1n) is 15.9. The van der Waals surface area contributed by atoms with E-state index < -0.39 is 0 Å². The van der Waals surface area contributed by atoms with Gasteiger partial charge in [0, 0.05) is 50.5 Å². The summed E-state index contributed by atoms with van der Waals surface area (Å²) in [5.41, 5.74) is 9.14. The Hall–Kier alpha value is -6.39. The molecule has 218 valence electrons. The molecule has 0 aliphatic heterocycles. The molecule has 0 fully saturated rings. The number of aromatic nitrogens is 4. The zero-order chi connectivity index (χ0) is 30.9. The lowest BCUT2D eigenvalue weighted by Gasteiger charge is -2.15. The van der Waals surface area contributed by atoms with Crippen LogP contribution in [0.1, 0.15) is 0 Å². The molecule has 0 N–H and O–H groups in total. The summed E-state index contributed by atoms with van der Waals surface area (Å²) in [5.74, 6) is 0. The van der Waals surface area contributed by atoms with Crippen LogP contribution < -0.4 is 0 Å². The molecule has 4 heterocycles. The zero-order valence-corrected chi connectivity index (χ0v) is 25.3. The molecule has 47 heavy (non-hydrogen) atoms. The molecule has 0 spiro atoms. The maximum absolute atomic E-state index is 5.36. The lowest BCUT2D eigenvalue weighted by atomic mass is 9.92. The number of rotatable bonds is 3. The van der Waals surface area contributed by atoms with Crippen molar-refractivity contribution in [2.45, 2.75) is 0 Å². The predicted octanol–water partition coefficient (Wildman–Crippen LogP) is 10.9.